The largest absolute Gasteiger partial charge is 0.241 e. The quantitative estimate of drug-likeness (QED) is 0.670. The summed E-state index contributed by atoms with van der Waals surface area (Å²) in [5, 5.41) is 0. The maximum atomic E-state index is 5.65. The summed E-state index contributed by atoms with van der Waals surface area (Å²) in [7, 11) is 0. The maximum absolute atomic E-state index is 5.65. The first kappa shape index (κ1) is 15.5. The number of unbranched alkanes of at least 4 members (excludes halogenated alkanes) is 2. The number of rotatable bonds is 6. The summed E-state index contributed by atoms with van der Waals surface area (Å²) in [4.78, 5) is 9.19. The third kappa shape index (κ3) is 4.59. The molecule has 0 radical (unpaired) electrons. The standard InChI is InChI=1S/C17H25ClN2/c1-2-3-4-5-15-12-19-17(20-13-15)16-8-6-14(7-9-16)10-11-18/h10-14,16H,2-9H2,1H3/b11-10+/t14-,16-. The Kier molecular flexibility index (Phi) is 6.52. The second kappa shape index (κ2) is 8.41. The van der Waals surface area contributed by atoms with E-state index in [1.165, 1.54) is 50.5 Å². The van der Waals surface area contributed by atoms with Gasteiger partial charge in [-0.2, -0.15) is 0 Å². The number of aromatic nitrogens is 2. The molecule has 0 aromatic carbocycles. The van der Waals surface area contributed by atoms with Crippen molar-refractivity contribution in [1.29, 1.82) is 0 Å². The highest BCUT2D eigenvalue weighted by Crippen LogP contribution is 2.34. The molecule has 0 aliphatic heterocycles. The van der Waals surface area contributed by atoms with Gasteiger partial charge in [0.2, 0.25) is 0 Å². The van der Waals surface area contributed by atoms with Gasteiger partial charge in [0.25, 0.3) is 0 Å². The molecule has 0 amide bonds. The average molecular weight is 293 g/mol. The van der Waals surface area contributed by atoms with E-state index in [0.29, 0.717) is 11.8 Å². The molecule has 0 bridgehead atoms. The Hall–Kier alpha value is -0.890. The van der Waals surface area contributed by atoms with Crippen LogP contribution in [0.5, 0.6) is 0 Å². The predicted octanol–water partition coefficient (Wildman–Crippen LogP) is 5.24. The zero-order valence-corrected chi connectivity index (χ0v) is 13.1. The van der Waals surface area contributed by atoms with E-state index in [9.17, 15) is 0 Å². The van der Waals surface area contributed by atoms with Crippen LogP contribution in [0.1, 0.15) is 69.2 Å². The van der Waals surface area contributed by atoms with Gasteiger partial charge in [-0.1, -0.05) is 37.4 Å². The van der Waals surface area contributed by atoms with E-state index in [1.54, 1.807) is 5.54 Å². The van der Waals surface area contributed by atoms with Gasteiger partial charge in [0.05, 0.1) is 0 Å². The Morgan fingerprint density at radius 3 is 2.45 bits per heavy atom. The van der Waals surface area contributed by atoms with E-state index in [2.05, 4.69) is 23.0 Å². The summed E-state index contributed by atoms with van der Waals surface area (Å²) < 4.78 is 0. The van der Waals surface area contributed by atoms with Crippen LogP contribution >= 0.6 is 11.6 Å². The van der Waals surface area contributed by atoms with Gasteiger partial charge in [-0.05, 0) is 50.0 Å². The molecule has 1 heterocycles. The maximum Gasteiger partial charge on any atom is 0.131 e. The SMILES string of the molecule is CCCCCc1cnc([C@H]2CC[C@H](/C=C/Cl)CC2)nc1. The van der Waals surface area contributed by atoms with E-state index in [1.807, 2.05) is 12.4 Å². The van der Waals surface area contributed by atoms with Gasteiger partial charge in [-0.3, -0.25) is 0 Å². The molecule has 1 fully saturated rings. The van der Waals surface area contributed by atoms with Gasteiger partial charge in [0.15, 0.2) is 0 Å². The summed E-state index contributed by atoms with van der Waals surface area (Å²) in [5.41, 5.74) is 2.94. The Labute approximate surface area is 127 Å². The lowest BCUT2D eigenvalue weighted by atomic mass is 9.81. The third-order valence-corrected chi connectivity index (χ3v) is 4.42. The van der Waals surface area contributed by atoms with Crippen molar-refractivity contribution in [3.63, 3.8) is 0 Å². The lowest BCUT2D eigenvalue weighted by Gasteiger charge is -2.25. The average Bonchev–Trinajstić information content (AvgIpc) is 2.49. The molecule has 0 atom stereocenters. The zero-order chi connectivity index (χ0) is 14.2. The van der Waals surface area contributed by atoms with Crippen molar-refractivity contribution in [3.8, 4) is 0 Å². The third-order valence-electron chi connectivity index (χ3n) is 4.28. The van der Waals surface area contributed by atoms with Crippen LogP contribution in [0.25, 0.3) is 0 Å². The molecule has 2 nitrogen and oxygen atoms in total. The van der Waals surface area contributed by atoms with Crippen LogP contribution in [0.4, 0.5) is 0 Å². The zero-order valence-electron chi connectivity index (χ0n) is 12.4. The van der Waals surface area contributed by atoms with Crippen molar-refractivity contribution in [1.82, 2.24) is 9.97 Å². The Balaban J connectivity index is 1.84. The van der Waals surface area contributed by atoms with Gasteiger partial charge in [0.1, 0.15) is 5.82 Å². The molecule has 1 aromatic rings. The van der Waals surface area contributed by atoms with Gasteiger partial charge < -0.3 is 0 Å². The molecule has 3 heteroatoms. The Morgan fingerprint density at radius 1 is 1.15 bits per heavy atom. The normalized spacial score (nSPS) is 23.3. The molecular formula is C17H25ClN2. The summed E-state index contributed by atoms with van der Waals surface area (Å²) in [6.07, 6.45) is 15.9. The summed E-state index contributed by atoms with van der Waals surface area (Å²) in [6.45, 7) is 2.23. The summed E-state index contributed by atoms with van der Waals surface area (Å²) in [5.74, 6) is 2.23. The number of hydrogen-bond donors (Lipinski definition) is 0. The minimum Gasteiger partial charge on any atom is -0.241 e. The molecule has 1 aliphatic rings. The highest BCUT2D eigenvalue weighted by atomic mass is 35.5. The molecule has 0 spiro atoms. The second-order valence-electron chi connectivity index (χ2n) is 5.84. The first-order valence-corrected chi connectivity index (χ1v) is 8.34. The van der Waals surface area contributed by atoms with Crippen molar-refractivity contribution in [3.05, 3.63) is 35.4 Å². The molecule has 1 aliphatic carbocycles. The van der Waals surface area contributed by atoms with Crippen molar-refractivity contribution in [2.45, 2.75) is 64.2 Å². The van der Waals surface area contributed by atoms with E-state index in [0.717, 1.165) is 12.2 Å². The highest BCUT2D eigenvalue weighted by Gasteiger charge is 2.22. The van der Waals surface area contributed by atoms with Crippen molar-refractivity contribution in [2.24, 2.45) is 5.92 Å². The van der Waals surface area contributed by atoms with Crippen LogP contribution in [-0.4, -0.2) is 9.97 Å². The van der Waals surface area contributed by atoms with Crippen LogP contribution < -0.4 is 0 Å². The lowest BCUT2D eigenvalue weighted by molar-refractivity contribution is 0.366. The second-order valence-corrected chi connectivity index (χ2v) is 6.09. The van der Waals surface area contributed by atoms with Crippen LogP contribution in [0.3, 0.4) is 0 Å². The van der Waals surface area contributed by atoms with Crippen molar-refractivity contribution < 1.29 is 0 Å². The molecule has 0 unspecified atom stereocenters. The van der Waals surface area contributed by atoms with Gasteiger partial charge in [-0.15, -0.1) is 0 Å². The van der Waals surface area contributed by atoms with E-state index >= 15 is 0 Å². The van der Waals surface area contributed by atoms with Crippen molar-refractivity contribution >= 4 is 11.6 Å². The number of nitrogens with zero attached hydrogens (tertiary/aromatic N) is 2. The number of hydrogen-bond acceptors (Lipinski definition) is 2. The van der Waals surface area contributed by atoms with Crippen molar-refractivity contribution in [2.75, 3.05) is 0 Å². The molecule has 0 N–H and O–H groups in total. The molecular weight excluding hydrogens is 268 g/mol. The minimum absolute atomic E-state index is 0.541. The molecule has 1 aromatic heterocycles. The Bertz CT molecular complexity index is 406. The van der Waals surface area contributed by atoms with E-state index in [4.69, 9.17) is 11.6 Å². The Morgan fingerprint density at radius 2 is 1.85 bits per heavy atom. The highest BCUT2D eigenvalue weighted by molar-refractivity contribution is 6.25. The fourth-order valence-corrected chi connectivity index (χ4v) is 3.16. The summed E-state index contributed by atoms with van der Waals surface area (Å²) in [6, 6.07) is 0. The monoisotopic (exact) mass is 292 g/mol. The van der Waals surface area contributed by atoms with E-state index < -0.39 is 0 Å². The number of aryl methyl sites for hydroxylation is 1. The smallest absolute Gasteiger partial charge is 0.131 e. The fourth-order valence-electron chi connectivity index (χ4n) is 2.96. The molecule has 0 saturated heterocycles. The molecule has 110 valence electrons. The fraction of sp³-hybridized carbons (Fsp3) is 0.647. The molecule has 2 rings (SSSR count). The predicted molar refractivity (Wildman–Crippen MR) is 85.0 cm³/mol. The lowest BCUT2D eigenvalue weighted by Crippen LogP contribution is -2.14. The van der Waals surface area contributed by atoms with Crippen LogP contribution in [0.15, 0.2) is 24.0 Å². The first-order valence-electron chi connectivity index (χ1n) is 7.91. The first-order chi connectivity index (χ1) is 9.83. The number of halogens is 1. The minimum atomic E-state index is 0.541. The molecule has 20 heavy (non-hydrogen) atoms. The topological polar surface area (TPSA) is 25.8 Å². The van der Waals surface area contributed by atoms with Crippen LogP contribution in [0, 0.1) is 5.92 Å². The van der Waals surface area contributed by atoms with E-state index in [-0.39, 0.29) is 0 Å². The van der Waals surface area contributed by atoms with Gasteiger partial charge >= 0.3 is 0 Å². The van der Waals surface area contributed by atoms with Crippen LogP contribution in [-0.2, 0) is 6.42 Å². The number of allylic oxidation sites excluding steroid dienone is 1. The molecule has 1 saturated carbocycles. The van der Waals surface area contributed by atoms with Crippen LogP contribution in [0.2, 0.25) is 0 Å². The summed E-state index contributed by atoms with van der Waals surface area (Å²) >= 11 is 5.65. The van der Waals surface area contributed by atoms with Gasteiger partial charge in [0, 0.05) is 23.8 Å². The van der Waals surface area contributed by atoms with Gasteiger partial charge in [-0.25, -0.2) is 9.97 Å².